The molecule has 0 spiro atoms. The Morgan fingerprint density at radius 2 is 1.91 bits per heavy atom. The molecule has 0 fully saturated rings. The molecule has 1 aromatic carbocycles. The number of hydrogen-bond acceptors (Lipinski definition) is 6. The van der Waals surface area contributed by atoms with Crippen molar-refractivity contribution in [2.75, 3.05) is 19.0 Å². The maximum Gasteiger partial charge on any atom is 0.338 e. The summed E-state index contributed by atoms with van der Waals surface area (Å²) in [4.78, 5) is 35.1. The van der Waals surface area contributed by atoms with Crippen LogP contribution in [-0.4, -0.2) is 25.6 Å². The zero-order valence-corrected chi connectivity index (χ0v) is 12.6. The second kappa shape index (κ2) is 7.26. The van der Waals surface area contributed by atoms with E-state index in [0.29, 0.717) is 11.3 Å². The molecule has 1 heterocycles. The van der Waals surface area contributed by atoms with Gasteiger partial charge < -0.3 is 19.2 Å². The number of methoxy groups -OCH3 is 1. The molecule has 0 aliphatic rings. The third kappa shape index (κ3) is 3.97. The normalized spacial score (nSPS) is 10.0. The van der Waals surface area contributed by atoms with Crippen LogP contribution in [0.3, 0.4) is 0 Å². The molecule has 2 rings (SSSR count). The van der Waals surface area contributed by atoms with Gasteiger partial charge in [0.1, 0.15) is 6.26 Å². The molecule has 7 nitrogen and oxygen atoms in total. The number of anilines is 1. The zero-order chi connectivity index (χ0) is 16.8. The molecule has 0 unspecified atom stereocenters. The first kappa shape index (κ1) is 16.3. The van der Waals surface area contributed by atoms with Crippen LogP contribution < -0.4 is 15.5 Å². The van der Waals surface area contributed by atoms with Crippen LogP contribution in [-0.2, 0) is 4.74 Å². The predicted octanol–water partition coefficient (Wildman–Crippen LogP) is 2.08. The fraction of sp³-hybridized carbons (Fsp3) is 0.188. The summed E-state index contributed by atoms with van der Waals surface area (Å²) in [5.74, 6) is -1.16. The topological polar surface area (TPSA) is 94.8 Å². The Balaban J connectivity index is 2.09. The van der Waals surface area contributed by atoms with Crippen LogP contribution in [0.2, 0.25) is 0 Å². The van der Waals surface area contributed by atoms with Crippen LogP contribution in [0.15, 0.2) is 45.8 Å². The first-order valence-electron chi connectivity index (χ1n) is 6.80. The van der Waals surface area contributed by atoms with E-state index in [1.54, 1.807) is 19.1 Å². The van der Waals surface area contributed by atoms with E-state index in [1.165, 1.54) is 19.2 Å². The van der Waals surface area contributed by atoms with Crippen molar-refractivity contribution in [3.05, 3.63) is 58.1 Å². The van der Waals surface area contributed by atoms with E-state index < -0.39 is 17.3 Å². The summed E-state index contributed by atoms with van der Waals surface area (Å²) in [5.41, 5.74) is 0.365. The van der Waals surface area contributed by atoms with Crippen molar-refractivity contribution in [2.45, 2.75) is 6.92 Å². The molecule has 0 bridgehead atoms. The van der Waals surface area contributed by atoms with Gasteiger partial charge in [0.05, 0.1) is 19.3 Å². The summed E-state index contributed by atoms with van der Waals surface area (Å²) in [6.45, 7) is 2.00. The molecular weight excluding hydrogens is 302 g/mol. The standard InChI is InChI=1S/C16H15NO6/c1-3-22-16(20)10-4-6-11(7-5-10)17-15(19)13-8-12(18)14(21-2)9-23-13/h4-9H,3H2,1-2H3,(H,17,19). The Bertz CT molecular complexity index is 763. The maximum absolute atomic E-state index is 12.0. The summed E-state index contributed by atoms with van der Waals surface area (Å²) in [7, 11) is 1.33. The number of ether oxygens (including phenoxy) is 2. The number of carbonyl (C=O) groups is 2. The van der Waals surface area contributed by atoms with Crippen LogP contribution in [0.25, 0.3) is 0 Å². The van der Waals surface area contributed by atoms with Crippen molar-refractivity contribution >= 4 is 17.6 Å². The molecule has 7 heteroatoms. The monoisotopic (exact) mass is 317 g/mol. The van der Waals surface area contributed by atoms with Crippen LogP contribution in [0.1, 0.15) is 27.8 Å². The molecule has 0 saturated heterocycles. The molecule has 1 amide bonds. The van der Waals surface area contributed by atoms with E-state index in [-0.39, 0.29) is 18.1 Å². The summed E-state index contributed by atoms with van der Waals surface area (Å²) in [5, 5.41) is 2.56. The van der Waals surface area contributed by atoms with Gasteiger partial charge >= 0.3 is 5.97 Å². The molecule has 2 aromatic rings. The summed E-state index contributed by atoms with van der Waals surface area (Å²) in [6, 6.07) is 7.19. The lowest BCUT2D eigenvalue weighted by molar-refractivity contribution is 0.0526. The van der Waals surface area contributed by atoms with Crippen molar-refractivity contribution < 1.29 is 23.5 Å². The second-order valence-electron chi connectivity index (χ2n) is 4.43. The third-order valence-electron chi connectivity index (χ3n) is 2.90. The quantitative estimate of drug-likeness (QED) is 0.848. The highest BCUT2D eigenvalue weighted by atomic mass is 16.5. The number of esters is 1. The minimum Gasteiger partial charge on any atom is -0.490 e. The molecule has 0 atom stereocenters. The smallest absolute Gasteiger partial charge is 0.338 e. The van der Waals surface area contributed by atoms with Crippen LogP contribution in [0, 0.1) is 0 Å². The Hall–Kier alpha value is -3.09. The fourth-order valence-corrected chi connectivity index (χ4v) is 1.76. The zero-order valence-electron chi connectivity index (χ0n) is 12.6. The molecule has 1 N–H and O–H groups in total. The van der Waals surface area contributed by atoms with Crippen molar-refractivity contribution in [3.63, 3.8) is 0 Å². The second-order valence-corrected chi connectivity index (χ2v) is 4.43. The van der Waals surface area contributed by atoms with Gasteiger partial charge in [0.25, 0.3) is 5.91 Å². The first-order valence-corrected chi connectivity index (χ1v) is 6.80. The van der Waals surface area contributed by atoms with Crippen molar-refractivity contribution in [3.8, 4) is 5.75 Å². The van der Waals surface area contributed by atoms with Gasteiger partial charge in [-0.25, -0.2) is 4.79 Å². The molecule has 0 radical (unpaired) electrons. The largest absolute Gasteiger partial charge is 0.490 e. The Labute approximate surface area is 131 Å². The van der Waals surface area contributed by atoms with Gasteiger partial charge in [0.2, 0.25) is 11.2 Å². The lowest BCUT2D eigenvalue weighted by Crippen LogP contribution is -2.15. The van der Waals surface area contributed by atoms with E-state index in [2.05, 4.69) is 5.32 Å². The molecule has 120 valence electrons. The van der Waals surface area contributed by atoms with E-state index in [1.807, 2.05) is 0 Å². The summed E-state index contributed by atoms with van der Waals surface area (Å²) in [6.07, 6.45) is 1.07. The van der Waals surface area contributed by atoms with Crippen LogP contribution in [0.4, 0.5) is 5.69 Å². The number of rotatable bonds is 5. The number of carbonyl (C=O) groups excluding carboxylic acids is 2. The number of amides is 1. The van der Waals surface area contributed by atoms with Gasteiger partial charge in [-0.2, -0.15) is 0 Å². The summed E-state index contributed by atoms with van der Waals surface area (Å²) >= 11 is 0. The van der Waals surface area contributed by atoms with Crippen molar-refractivity contribution in [1.29, 1.82) is 0 Å². The molecule has 23 heavy (non-hydrogen) atoms. The number of nitrogens with one attached hydrogen (secondary N) is 1. The van der Waals surface area contributed by atoms with Gasteiger partial charge in [-0.3, -0.25) is 9.59 Å². The molecular formula is C16H15NO6. The SMILES string of the molecule is CCOC(=O)c1ccc(NC(=O)c2cc(=O)c(OC)co2)cc1. The van der Waals surface area contributed by atoms with Gasteiger partial charge in [-0.1, -0.05) is 0 Å². The molecule has 0 aliphatic heterocycles. The molecule has 1 aromatic heterocycles. The lowest BCUT2D eigenvalue weighted by Gasteiger charge is -2.06. The number of hydrogen-bond donors (Lipinski definition) is 1. The van der Waals surface area contributed by atoms with Gasteiger partial charge in [-0.15, -0.1) is 0 Å². The highest BCUT2D eigenvalue weighted by Gasteiger charge is 2.12. The molecule has 0 saturated carbocycles. The Kier molecular flexibility index (Phi) is 5.14. The highest BCUT2D eigenvalue weighted by Crippen LogP contribution is 2.13. The predicted molar refractivity (Wildman–Crippen MR) is 81.9 cm³/mol. The Morgan fingerprint density at radius 3 is 2.48 bits per heavy atom. The average Bonchev–Trinajstić information content (AvgIpc) is 2.55. The van der Waals surface area contributed by atoms with E-state index in [4.69, 9.17) is 13.9 Å². The first-order chi connectivity index (χ1) is 11.0. The maximum atomic E-state index is 12.0. The minimum absolute atomic E-state index is 0.0142. The van der Waals surface area contributed by atoms with E-state index in [9.17, 15) is 14.4 Å². The van der Waals surface area contributed by atoms with Gasteiger partial charge in [-0.05, 0) is 31.2 Å². The number of benzene rings is 1. The van der Waals surface area contributed by atoms with Crippen LogP contribution >= 0.6 is 0 Å². The van der Waals surface area contributed by atoms with Gasteiger partial charge in [0, 0.05) is 11.8 Å². The average molecular weight is 317 g/mol. The third-order valence-corrected chi connectivity index (χ3v) is 2.90. The Morgan fingerprint density at radius 1 is 1.22 bits per heavy atom. The van der Waals surface area contributed by atoms with E-state index >= 15 is 0 Å². The highest BCUT2D eigenvalue weighted by molar-refractivity contribution is 6.02. The van der Waals surface area contributed by atoms with Gasteiger partial charge in [0.15, 0.2) is 5.76 Å². The van der Waals surface area contributed by atoms with E-state index in [0.717, 1.165) is 12.3 Å². The van der Waals surface area contributed by atoms with Crippen molar-refractivity contribution in [1.82, 2.24) is 0 Å². The summed E-state index contributed by atoms with van der Waals surface area (Å²) < 4.78 is 14.7. The van der Waals surface area contributed by atoms with Crippen molar-refractivity contribution in [2.24, 2.45) is 0 Å². The fourth-order valence-electron chi connectivity index (χ4n) is 1.76. The van der Waals surface area contributed by atoms with Crippen LogP contribution in [0.5, 0.6) is 5.75 Å². The minimum atomic E-state index is -0.589. The molecule has 0 aliphatic carbocycles. The lowest BCUT2D eigenvalue weighted by atomic mass is 10.2.